The van der Waals surface area contributed by atoms with Crippen molar-refractivity contribution in [2.24, 2.45) is 0 Å². The van der Waals surface area contributed by atoms with Gasteiger partial charge < -0.3 is 4.74 Å². The number of hydrogen-bond donors (Lipinski definition) is 0. The number of hydrogen-bond acceptors (Lipinski definition) is 4. The number of carbonyl (C=O) groups is 1. The second-order valence-electron chi connectivity index (χ2n) is 4.42. The lowest BCUT2D eigenvalue weighted by molar-refractivity contribution is -0.111. The van der Waals surface area contributed by atoms with E-state index < -0.39 is 5.92 Å². The van der Waals surface area contributed by atoms with Crippen molar-refractivity contribution < 1.29 is 9.53 Å². The first-order chi connectivity index (χ1) is 10.2. The van der Waals surface area contributed by atoms with E-state index in [9.17, 15) is 10.1 Å². The third-order valence-electron chi connectivity index (χ3n) is 3.02. The Balaban J connectivity index is 2.06. The summed E-state index contributed by atoms with van der Waals surface area (Å²) in [4.78, 5) is 13.0. The Kier molecular flexibility index (Phi) is 5.42. The summed E-state index contributed by atoms with van der Waals surface area (Å²) in [7, 11) is 1.58. The highest BCUT2D eigenvalue weighted by molar-refractivity contribution is 8.13. The van der Waals surface area contributed by atoms with E-state index in [0.29, 0.717) is 5.75 Å². The summed E-state index contributed by atoms with van der Waals surface area (Å²) in [5, 5.41) is 9.21. The highest BCUT2D eigenvalue weighted by Gasteiger charge is 2.17. The van der Waals surface area contributed by atoms with Gasteiger partial charge in [0.1, 0.15) is 5.75 Å². The highest BCUT2D eigenvalue weighted by atomic mass is 32.2. The summed E-state index contributed by atoms with van der Waals surface area (Å²) in [6.07, 6.45) is 0.184. The van der Waals surface area contributed by atoms with Gasteiger partial charge in [0, 0.05) is 6.42 Å². The Hall–Kier alpha value is -2.25. The van der Waals surface area contributed by atoms with Crippen LogP contribution in [0.1, 0.15) is 17.9 Å². The van der Waals surface area contributed by atoms with E-state index in [-0.39, 0.29) is 11.5 Å². The average molecular weight is 297 g/mol. The van der Waals surface area contributed by atoms with Crippen LogP contribution in [-0.4, -0.2) is 12.2 Å². The van der Waals surface area contributed by atoms with Crippen LogP contribution in [-0.2, 0) is 4.79 Å². The van der Waals surface area contributed by atoms with E-state index in [1.807, 2.05) is 54.6 Å². The molecule has 0 aromatic heterocycles. The van der Waals surface area contributed by atoms with Crippen LogP contribution in [0.3, 0.4) is 0 Å². The molecule has 0 heterocycles. The molecule has 3 nitrogen and oxygen atoms in total. The molecular weight excluding hydrogens is 282 g/mol. The lowest BCUT2D eigenvalue weighted by Crippen LogP contribution is -2.02. The Morgan fingerprint density at radius 3 is 2.52 bits per heavy atom. The topological polar surface area (TPSA) is 50.1 Å². The molecule has 0 aliphatic carbocycles. The van der Waals surface area contributed by atoms with Gasteiger partial charge in [-0.1, -0.05) is 42.5 Å². The molecule has 2 rings (SSSR count). The number of para-hydroxylation sites is 1. The maximum atomic E-state index is 12.2. The minimum Gasteiger partial charge on any atom is -0.496 e. The van der Waals surface area contributed by atoms with Gasteiger partial charge in [-0.25, -0.2) is 0 Å². The average Bonchev–Trinajstić information content (AvgIpc) is 2.54. The number of carbonyl (C=O) groups excluding carboxylic acids is 1. The van der Waals surface area contributed by atoms with Crippen molar-refractivity contribution in [1.82, 2.24) is 0 Å². The molecule has 0 saturated heterocycles. The molecule has 2 aromatic carbocycles. The normalized spacial score (nSPS) is 11.4. The minimum absolute atomic E-state index is 0.0464. The molecule has 0 amide bonds. The van der Waals surface area contributed by atoms with E-state index in [4.69, 9.17) is 4.74 Å². The standard InChI is InChI=1S/C17H15NO2S/c1-20-15-9-5-6-10-16(15)21-17(19)11-14(12-18)13-7-3-2-4-8-13/h2-10,14H,11H2,1H3/t14-/m0/s1. The zero-order chi connectivity index (χ0) is 15.1. The quantitative estimate of drug-likeness (QED) is 0.782. The van der Waals surface area contributed by atoms with Gasteiger partial charge in [0.2, 0.25) is 0 Å². The molecule has 1 atom stereocenters. The molecule has 0 radical (unpaired) electrons. The second kappa shape index (κ2) is 7.51. The Bertz CT molecular complexity index is 649. The Morgan fingerprint density at radius 2 is 1.86 bits per heavy atom. The van der Waals surface area contributed by atoms with Crippen molar-refractivity contribution in [2.75, 3.05) is 7.11 Å². The van der Waals surface area contributed by atoms with Gasteiger partial charge in [0.15, 0.2) is 5.12 Å². The van der Waals surface area contributed by atoms with Crippen LogP contribution in [0.15, 0.2) is 59.5 Å². The number of methoxy groups -OCH3 is 1. The maximum Gasteiger partial charge on any atom is 0.195 e. The Morgan fingerprint density at radius 1 is 1.19 bits per heavy atom. The maximum absolute atomic E-state index is 12.2. The van der Waals surface area contributed by atoms with Crippen molar-refractivity contribution in [2.45, 2.75) is 17.2 Å². The first kappa shape index (κ1) is 15.1. The van der Waals surface area contributed by atoms with E-state index in [1.54, 1.807) is 7.11 Å². The van der Waals surface area contributed by atoms with E-state index in [0.717, 1.165) is 22.2 Å². The van der Waals surface area contributed by atoms with Gasteiger partial charge in [-0.3, -0.25) is 4.79 Å². The van der Waals surface area contributed by atoms with Gasteiger partial charge in [0.25, 0.3) is 0 Å². The molecule has 0 spiro atoms. The van der Waals surface area contributed by atoms with Crippen LogP contribution in [0.4, 0.5) is 0 Å². The molecule has 0 N–H and O–H groups in total. The summed E-state index contributed by atoms with van der Waals surface area (Å²) in [5.74, 6) is 0.255. The van der Waals surface area contributed by atoms with Crippen molar-refractivity contribution in [1.29, 1.82) is 5.26 Å². The smallest absolute Gasteiger partial charge is 0.195 e. The van der Waals surface area contributed by atoms with Crippen LogP contribution in [0.5, 0.6) is 5.75 Å². The number of nitriles is 1. The molecule has 0 aliphatic heterocycles. The van der Waals surface area contributed by atoms with Gasteiger partial charge >= 0.3 is 0 Å². The van der Waals surface area contributed by atoms with Crippen LogP contribution in [0, 0.1) is 11.3 Å². The number of benzene rings is 2. The van der Waals surface area contributed by atoms with Gasteiger partial charge in [-0.15, -0.1) is 0 Å². The zero-order valence-electron chi connectivity index (χ0n) is 11.7. The third kappa shape index (κ3) is 4.11. The molecule has 4 heteroatoms. The number of thioether (sulfide) groups is 1. The second-order valence-corrected chi connectivity index (χ2v) is 5.52. The van der Waals surface area contributed by atoms with E-state index in [2.05, 4.69) is 6.07 Å². The predicted molar refractivity (Wildman–Crippen MR) is 83.3 cm³/mol. The Labute approximate surface area is 128 Å². The lowest BCUT2D eigenvalue weighted by atomic mass is 9.98. The van der Waals surface area contributed by atoms with Crippen molar-refractivity contribution in [3.63, 3.8) is 0 Å². The highest BCUT2D eigenvalue weighted by Crippen LogP contribution is 2.32. The summed E-state index contributed by atoms with van der Waals surface area (Å²) in [5.41, 5.74) is 0.869. The molecule has 0 fully saturated rings. The minimum atomic E-state index is -0.416. The van der Waals surface area contributed by atoms with Gasteiger partial charge in [-0.2, -0.15) is 5.26 Å². The summed E-state index contributed by atoms with van der Waals surface area (Å²) in [6, 6.07) is 18.9. The molecule has 0 unspecified atom stereocenters. The van der Waals surface area contributed by atoms with Crippen LogP contribution in [0.25, 0.3) is 0 Å². The first-order valence-corrected chi connectivity index (χ1v) is 7.34. The van der Waals surface area contributed by atoms with Crippen LogP contribution >= 0.6 is 11.8 Å². The largest absolute Gasteiger partial charge is 0.496 e. The van der Waals surface area contributed by atoms with Crippen molar-refractivity contribution >= 4 is 16.9 Å². The van der Waals surface area contributed by atoms with Crippen LogP contribution < -0.4 is 4.74 Å². The lowest BCUT2D eigenvalue weighted by Gasteiger charge is -2.10. The first-order valence-electron chi connectivity index (χ1n) is 6.53. The number of ether oxygens (including phenoxy) is 1. The third-order valence-corrected chi connectivity index (χ3v) is 3.97. The van der Waals surface area contributed by atoms with Crippen LogP contribution in [0.2, 0.25) is 0 Å². The number of rotatable bonds is 5. The summed E-state index contributed by atoms with van der Waals surface area (Å²) in [6.45, 7) is 0. The van der Waals surface area contributed by atoms with Gasteiger partial charge in [0.05, 0.1) is 24.0 Å². The van der Waals surface area contributed by atoms with E-state index in [1.165, 1.54) is 0 Å². The molecule has 0 aliphatic rings. The van der Waals surface area contributed by atoms with E-state index >= 15 is 0 Å². The predicted octanol–water partition coefficient (Wildman–Crippen LogP) is 4.01. The molecule has 0 bridgehead atoms. The molecule has 2 aromatic rings. The summed E-state index contributed by atoms with van der Waals surface area (Å²) >= 11 is 1.12. The van der Waals surface area contributed by atoms with Gasteiger partial charge in [-0.05, 0) is 29.5 Å². The summed E-state index contributed by atoms with van der Waals surface area (Å²) < 4.78 is 5.22. The fourth-order valence-electron chi connectivity index (χ4n) is 1.96. The fraction of sp³-hybridized carbons (Fsp3) is 0.176. The molecular formula is C17H15NO2S. The number of nitrogens with zero attached hydrogens (tertiary/aromatic N) is 1. The molecule has 0 saturated carbocycles. The van der Waals surface area contributed by atoms with Crippen molar-refractivity contribution in [3.8, 4) is 11.8 Å². The fourth-order valence-corrected chi connectivity index (χ4v) is 2.85. The monoisotopic (exact) mass is 297 g/mol. The molecule has 21 heavy (non-hydrogen) atoms. The zero-order valence-corrected chi connectivity index (χ0v) is 12.5. The SMILES string of the molecule is COc1ccccc1SC(=O)C[C@@H](C#N)c1ccccc1. The molecule has 106 valence electrons. The van der Waals surface area contributed by atoms with Crippen molar-refractivity contribution in [3.05, 3.63) is 60.2 Å².